The molecule has 10 heavy (non-hydrogen) atoms. The second-order valence-corrected chi connectivity index (χ2v) is 3.66. The van der Waals surface area contributed by atoms with Crippen molar-refractivity contribution in [3.05, 3.63) is 0 Å². The Morgan fingerprint density at radius 1 is 1.20 bits per heavy atom. The Hall–Kier alpha value is -0.0400. The third kappa shape index (κ3) is 10.9. The van der Waals surface area contributed by atoms with E-state index in [9.17, 15) is 0 Å². The Kier molecular flexibility index (Phi) is 7.22. The predicted octanol–water partition coefficient (Wildman–Crippen LogP) is 2.67. The first kappa shape index (κ1) is 12.6. The van der Waals surface area contributed by atoms with Crippen LogP contribution in [0.3, 0.4) is 0 Å². The van der Waals surface area contributed by atoms with Crippen LogP contribution in [0, 0.1) is 5.41 Å². The van der Waals surface area contributed by atoms with Crippen molar-refractivity contribution in [1.29, 1.82) is 0 Å². The molecule has 0 radical (unpaired) electrons. The zero-order valence-corrected chi connectivity index (χ0v) is 7.12. The van der Waals surface area contributed by atoms with E-state index in [1.807, 2.05) is 0 Å². The molecule has 0 rings (SSSR count). The van der Waals surface area contributed by atoms with Crippen LogP contribution in [0.25, 0.3) is 0 Å². The second-order valence-electron chi connectivity index (χ2n) is 3.66. The molecule has 0 unspecified atom stereocenters. The Morgan fingerprint density at radius 2 is 1.70 bits per heavy atom. The maximum atomic E-state index is 3.30. The van der Waals surface area contributed by atoms with Crippen LogP contribution in [0.4, 0.5) is 0 Å². The lowest BCUT2D eigenvalue weighted by Gasteiger charge is -2.17. The first-order valence-electron chi connectivity index (χ1n) is 3.77. The molecule has 1 heteroatoms. The van der Waals surface area contributed by atoms with Crippen LogP contribution in [0.5, 0.6) is 0 Å². The Bertz CT molecular complexity index is 61.6. The van der Waals surface area contributed by atoms with Crippen molar-refractivity contribution in [3.8, 4) is 0 Å². The zero-order chi connectivity index (χ0) is 7.33. The molecule has 0 spiro atoms. The minimum absolute atomic E-state index is 0. The standard InChI is InChI=1S/C8H19N.CH4/c1-5-9-7-6-8(2,3)4;/h9H,5-7H2,1-4H3;1H4. The molecule has 0 aromatic carbocycles. The van der Waals surface area contributed by atoms with E-state index in [1.54, 1.807) is 0 Å². The molecule has 0 aromatic rings. The summed E-state index contributed by atoms with van der Waals surface area (Å²) in [5.41, 5.74) is 0.488. The SMILES string of the molecule is C.CCNCCC(C)(C)C. The minimum atomic E-state index is 0. The van der Waals surface area contributed by atoms with Gasteiger partial charge in [0.1, 0.15) is 0 Å². The third-order valence-electron chi connectivity index (χ3n) is 1.30. The molecule has 1 nitrogen and oxygen atoms in total. The maximum absolute atomic E-state index is 3.30. The monoisotopic (exact) mass is 145 g/mol. The summed E-state index contributed by atoms with van der Waals surface area (Å²) in [7, 11) is 0. The highest BCUT2D eigenvalue weighted by molar-refractivity contribution is 4.62. The highest BCUT2D eigenvalue weighted by Gasteiger charge is 2.07. The van der Waals surface area contributed by atoms with Crippen LogP contribution in [0.15, 0.2) is 0 Å². The van der Waals surface area contributed by atoms with Crippen LogP contribution in [-0.2, 0) is 0 Å². The van der Waals surface area contributed by atoms with Crippen molar-refractivity contribution >= 4 is 0 Å². The van der Waals surface area contributed by atoms with Crippen molar-refractivity contribution in [3.63, 3.8) is 0 Å². The van der Waals surface area contributed by atoms with E-state index < -0.39 is 0 Å². The quantitative estimate of drug-likeness (QED) is 0.602. The van der Waals surface area contributed by atoms with E-state index in [0.29, 0.717) is 5.41 Å². The predicted molar refractivity (Wildman–Crippen MR) is 49.3 cm³/mol. The van der Waals surface area contributed by atoms with E-state index in [1.165, 1.54) is 6.42 Å². The van der Waals surface area contributed by atoms with Gasteiger partial charge in [0, 0.05) is 0 Å². The number of rotatable bonds is 3. The Balaban J connectivity index is 0. The van der Waals surface area contributed by atoms with Gasteiger partial charge in [-0.25, -0.2) is 0 Å². The van der Waals surface area contributed by atoms with Gasteiger partial charge in [-0.1, -0.05) is 35.1 Å². The molecule has 0 atom stereocenters. The number of hydrogen-bond donors (Lipinski definition) is 1. The van der Waals surface area contributed by atoms with Gasteiger partial charge in [-0.15, -0.1) is 0 Å². The van der Waals surface area contributed by atoms with E-state index in [0.717, 1.165) is 13.1 Å². The van der Waals surface area contributed by atoms with E-state index in [4.69, 9.17) is 0 Å². The van der Waals surface area contributed by atoms with Gasteiger partial charge in [0.15, 0.2) is 0 Å². The van der Waals surface area contributed by atoms with Gasteiger partial charge >= 0.3 is 0 Å². The van der Waals surface area contributed by atoms with Crippen molar-refractivity contribution in [2.45, 2.75) is 41.5 Å². The van der Waals surface area contributed by atoms with Crippen LogP contribution in [0.1, 0.15) is 41.5 Å². The lowest BCUT2D eigenvalue weighted by molar-refractivity contribution is 0.369. The number of hydrogen-bond acceptors (Lipinski definition) is 1. The van der Waals surface area contributed by atoms with Gasteiger partial charge < -0.3 is 5.32 Å². The van der Waals surface area contributed by atoms with Crippen molar-refractivity contribution in [2.75, 3.05) is 13.1 Å². The molecule has 0 fully saturated rings. The molecule has 0 saturated heterocycles. The van der Waals surface area contributed by atoms with E-state index in [2.05, 4.69) is 33.0 Å². The van der Waals surface area contributed by atoms with Crippen molar-refractivity contribution in [2.24, 2.45) is 5.41 Å². The molecule has 0 aromatic heterocycles. The van der Waals surface area contributed by atoms with Crippen molar-refractivity contribution in [1.82, 2.24) is 5.32 Å². The topological polar surface area (TPSA) is 12.0 Å². The average molecular weight is 145 g/mol. The molecule has 0 aliphatic rings. The molecule has 0 saturated carbocycles. The lowest BCUT2D eigenvalue weighted by atomic mass is 9.92. The molecular weight excluding hydrogens is 122 g/mol. The van der Waals surface area contributed by atoms with Gasteiger partial charge in [0.2, 0.25) is 0 Å². The normalized spacial score (nSPS) is 10.8. The van der Waals surface area contributed by atoms with E-state index >= 15 is 0 Å². The smallest absolute Gasteiger partial charge is 0.00440 e. The fourth-order valence-electron chi connectivity index (χ4n) is 0.640. The fraction of sp³-hybridized carbons (Fsp3) is 1.00. The summed E-state index contributed by atoms with van der Waals surface area (Å²) in [6.45, 7) is 11.2. The first-order chi connectivity index (χ1) is 4.06. The summed E-state index contributed by atoms with van der Waals surface area (Å²) in [4.78, 5) is 0. The highest BCUT2D eigenvalue weighted by atomic mass is 14.8. The highest BCUT2D eigenvalue weighted by Crippen LogP contribution is 2.16. The largest absolute Gasteiger partial charge is 0.317 e. The molecule has 0 aliphatic heterocycles. The zero-order valence-electron chi connectivity index (χ0n) is 7.12. The summed E-state index contributed by atoms with van der Waals surface area (Å²) in [5, 5.41) is 3.30. The summed E-state index contributed by atoms with van der Waals surface area (Å²) in [6.07, 6.45) is 1.26. The minimum Gasteiger partial charge on any atom is -0.317 e. The van der Waals surface area contributed by atoms with Crippen LogP contribution >= 0.6 is 0 Å². The second kappa shape index (κ2) is 5.72. The van der Waals surface area contributed by atoms with Gasteiger partial charge in [0.05, 0.1) is 0 Å². The fourth-order valence-corrected chi connectivity index (χ4v) is 0.640. The summed E-state index contributed by atoms with van der Waals surface area (Å²) in [5.74, 6) is 0. The molecule has 64 valence electrons. The van der Waals surface area contributed by atoms with Crippen LogP contribution < -0.4 is 5.32 Å². The Morgan fingerprint density at radius 3 is 2.00 bits per heavy atom. The molecule has 0 bridgehead atoms. The molecular formula is C9H23N. The maximum Gasteiger partial charge on any atom is -0.00440 e. The Labute approximate surface area is 66.2 Å². The van der Waals surface area contributed by atoms with Crippen molar-refractivity contribution < 1.29 is 0 Å². The molecule has 0 aliphatic carbocycles. The van der Waals surface area contributed by atoms with Crippen LogP contribution in [-0.4, -0.2) is 13.1 Å². The van der Waals surface area contributed by atoms with Gasteiger partial charge in [-0.2, -0.15) is 0 Å². The molecule has 0 heterocycles. The number of nitrogens with one attached hydrogen (secondary N) is 1. The average Bonchev–Trinajstić information content (AvgIpc) is 1.63. The van der Waals surface area contributed by atoms with Gasteiger partial charge in [-0.3, -0.25) is 0 Å². The first-order valence-corrected chi connectivity index (χ1v) is 3.77. The third-order valence-corrected chi connectivity index (χ3v) is 1.30. The molecule has 0 amide bonds. The van der Waals surface area contributed by atoms with Crippen LogP contribution in [0.2, 0.25) is 0 Å². The molecule has 1 N–H and O–H groups in total. The van der Waals surface area contributed by atoms with Gasteiger partial charge in [0.25, 0.3) is 0 Å². The summed E-state index contributed by atoms with van der Waals surface area (Å²) < 4.78 is 0. The summed E-state index contributed by atoms with van der Waals surface area (Å²) in [6, 6.07) is 0. The van der Waals surface area contributed by atoms with E-state index in [-0.39, 0.29) is 7.43 Å². The summed E-state index contributed by atoms with van der Waals surface area (Å²) >= 11 is 0. The van der Waals surface area contributed by atoms with Gasteiger partial charge in [-0.05, 0) is 24.9 Å². The lowest BCUT2D eigenvalue weighted by Crippen LogP contribution is -2.19.